The van der Waals surface area contributed by atoms with Crippen molar-refractivity contribution in [3.63, 3.8) is 0 Å². The number of hydrogen-bond acceptors (Lipinski definition) is 9. The van der Waals surface area contributed by atoms with Crippen LogP contribution in [0.4, 0.5) is 8.78 Å². The van der Waals surface area contributed by atoms with Crippen LogP contribution in [0.3, 0.4) is 0 Å². The van der Waals surface area contributed by atoms with Crippen LogP contribution in [0.25, 0.3) is 0 Å². The first kappa shape index (κ1) is 49.2. The number of ether oxygens (including phenoxy) is 3. The van der Waals surface area contributed by atoms with E-state index in [1.165, 1.54) is 30.3 Å². The van der Waals surface area contributed by atoms with Gasteiger partial charge in [-0.05, 0) is 99.4 Å². The van der Waals surface area contributed by atoms with E-state index < -0.39 is 74.3 Å². The highest BCUT2D eigenvalue weighted by Gasteiger charge is 2.57. The number of nitrogens with one attached hydrogen (secondary N) is 2. The molecule has 3 aromatic rings. The van der Waals surface area contributed by atoms with Crippen LogP contribution in [0, 0.1) is 25.5 Å². The lowest BCUT2D eigenvalue weighted by molar-refractivity contribution is -0.167. The van der Waals surface area contributed by atoms with Crippen molar-refractivity contribution >= 4 is 56.4 Å². The quantitative estimate of drug-likeness (QED) is 0.0395. The lowest BCUT2D eigenvalue weighted by Crippen LogP contribution is -2.71. The molecule has 62 heavy (non-hydrogen) atoms. The molecule has 6 N–H and O–H groups in total. The topological polar surface area (TPSA) is 227 Å². The number of carbonyl (C=O) groups excluding carboxylic acids is 3. The van der Waals surface area contributed by atoms with Crippen LogP contribution >= 0.6 is 38.6 Å². The van der Waals surface area contributed by atoms with E-state index in [2.05, 4.69) is 10.6 Å². The molecule has 6 rings (SSSR count). The summed E-state index contributed by atoms with van der Waals surface area (Å²) in [5, 5.41) is 5.95. The highest BCUT2D eigenvalue weighted by Crippen LogP contribution is 2.51. The molecule has 3 aliphatic rings. The fourth-order valence-electron chi connectivity index (χ4n) is 8.41. The number of phosphoric ester groups is 1. The molecule has 3 fully saturated rings. The lowest BCUT2D eigenvalue weighted by atomic mass is 9.59. The van der Waals surface area contributed by atoms with Crippen LogP contribution in [-0.2, 0) is 40.1 Å². The number of esters is 1. The summed E-state index contributed by atoms with van der Waals surface area (Å²) >= 11 is 11.6. The average Bonchev–Trinajstić information content (AvgIpc) is 3.14. The first-order valence-electron chi connectivity index (χ1n) is 19.7. The number of phosphoric acid groups is 1. The molecule has 2 bridgehead atoms. The minimum Gasteiger partial charge on any atom is -0.493 e. The molecule has 3 saturated carbocycles. The van der Waals surface area contributed by atoms with Crippen molar-refractivity contribution in [2.45, 2.75) is 108 Å². The number of benzene rings is 3. The maximum atomic E-state index is 14.1. The van der Waals surface area contributed by atoms with Gasteiger partial charge in [0.15, 0.2) is 6.61 Å². The van der Waals surface area contributed by atoms with Crippen LogP contribution < -0.4 is 24.6 Å². The van der Waals surface area contributed by atoms with Gasteiger partial charge >= 0.3 is 21.4 Å². The monoisotopic (exact) mass is 948 g/mol. The van der Waals surface area contributed by atoms with Gasteiger partial charge < -0.3 is 39.2 Å². The molecule has 0 radical (unpaired) electrons. The van der Waals surface area contributed by atoms with Gasteiger partial charge in [-0.3, -0.25) is 28.7 Å². The normalized spacial score (nSPS) is 20.0. The number of rotatable bonds is 19. The first-order valence-corrected chi connectivity index (χ1v) is 23.8. The van der Waals surface area contributed by atoms with Crippen LogP contribution in [-0.4, -0.2) is 73.9 Å². The molecule has 340 valence electrons. The number of hydrogen-bond donors (Lipinski definition) is 6. The lowest BCUT2D eigenvalue weighted by Gasteiger charge is -2.57. The molecule has 0 heterocycles. The van der Waals surface area contributed by atoms with E-state index in [1.54, 1.807) is 33.8 Å². The molecule has 3 aromatic carbocycles. The van der Waals surface area contributed by atoms with Crippen molar-refractivity contribution in [2.75, 3.05) is 19.4 Å². The molecule has 3 aliphatic carbocycles. The van der Waals surface area contributed by atoms with Crippen molar-refractivity contribution < 1.29 is 70.6 Å². The Morgan fingerprint density at radius 1 is 0.887 bits per heavy atom. The van der Waals surface area contributed by atoms with Gasteiger partial charge in [0.1, 0.15) is 35.0 Å². The highest BCUT2D eigenvalue weighted by atomic mass is 35.5. The molecule has 0 unspecified atom stereocenters. The van der Waals surface area contributed by atoms with E-state index in [4.69, 9.17) is 41.9 Å². The van der Waals surface area contributed by atoms with E-state index in [1.807, 2.05) is 0 Å². The minimum absolute atomic E-state index is 0.00556. The molecule has 0 aliphatic heterocycles. The number of halogens is 4. The van der Waals surface area contributed by atoms with Crippen LogP contribution in [0.1, 0.15) is 87.5 Å². The minimum atomic E-state index is -5.13. The number of amides is 2. The smallest absolute Gasteiger partial charge is 0.493 e. The molecular formula is C41H50Cl2F2N2O13P2. The van der Waals surface area contributed by atoms with Gasteiger partial charge in [-0.25, -0.2) is 13.3 Å². The van der Waals surface area contributed by atoms with Crippen molar-refractivity contribution in [3.05, 3.63) is 86.4 Å². The molecule has 0 saturated heterocycles. The predicted molar refractivity (Wildman–Crippen MR) is 225 cm³/mol. The molecule has 21 heteroatoms. The van der Waals surface area contributed by atoms with Crippen LogP contribution in [0.2, 0.25) is 10.0 Å². The van der Waals surface area contributed by atoms with Crippen LogP contribution in [0.15, 0.2) is 42.5 Å². The average molecular weight is 950 g/mol. The van der Waals surface area contributed by atoms with Gasteiger partial charge in [-0.15, -0.1) is 0 Å². The van der Waals surface area contributed by atoms with Crippen molar-refractivity contribution in [3.8, 4) is 17.2 Å². The molecule has 0 spiro atoms. The largest absolute Gasteiger partial charge is 0.524 e. The maximum Gasteiger partial charge on any atom is 0.524 e. The van der Waals surface area contributed by atoms with Gasteiger partial charge in [0.25, 0.3) is 5.91 Å². The Labute approximate surface area is 367 Å². The van der Waals surface area contributed by atoms with Crippen molar-refractivity contribution in [1.82, 2.24) is 10.6 Å². The van der Waals surface area contributed by atoms with E-state index in [0.29, 0.717) is 42.4 Å². The maximum absolute atomic E-state index is 14.1. The second-order valence-corrected chi connectivity index (χ2v) is 20.3. The van der Waals surface area contributed by atoms with Crippen molar-refractivity contribution in [1.29, 1.82) is 0 Å². The van der Waals surface area contributed by atoms with E-state index in [0.717, 1.165) is 6.07 Å². The van der Waals surface area contributed by atoms with E-state index >= 15 is 0 Å². The van der Waals surface area contributed by atoms with Gasteiger partial charge in [0, 0.05) is 35.4 Å². The Morgan fingerprint density at radius 3 is 2.15 bits per heavy atom. The third-order valence-electron chi connectivity index (χ3n) is 11.2. The highest BCUT2D eigenvalue weighted by molar-refractivity contribution is 7.51. The summed E-state index contributed by atoms with van der Waals surface area (Å²) in [7, 11) is -9.42. The third-order valence-corrected chi connectivity index (χ3v) is 13.2. The Balaban J connectivity index is 1.38. The molecule has 1 atom stereocenters. The first-order chi connectivity index (χ1) is 28.8. The van der Waals surface area contributed by atoms with Gasteiger partial charge in [0.05, 0.1) is 34.8 Å². The predicted octanol–water partition coefficient (Wildman–Crippen LogP) is 7.29. The Bertz CT molecular complexity index is 2280. The molecule has 2 amide bonds. The van der Waals surface area contributed by atoms with E-state index in [-0.39, 0.29) is 77.5 Å². The SMILES string of the molecule is Cc1cc(OP(=O)(O)O)c(C(C)(C)CC(=O)O[C@H]2CC3(NC(=O)COc4ccc(Cl)c(F)c4)CCC2(NC(=O)CCc2ccc(Cl)c(F)c2)CC3)c(C)c1OCCCP(=O)(O)O. The molecular weight excluding hydrogens is 899 g/mol. The zero-order chi connectivity index (χ0) is 45.8. The Hall–Kier alpha value is -3.79. The fourth-order valence-corrected chi connectivity index (χ4v) is 9.59. The number of fused-ring (bicyclic) bond motifs is 3. The second-order valence-electron chi connectivity index (χ2n) is 16.6. The van der Waals surface area contributed by atoms with Crippen molar-refractivity contribution in [2.24, 2.45) is 0 Å². The summed E-state index contributed by atoms with van der Waals surface area (Å²) in [5.74, 6) is -2.87. The standard InChI is InChI=1S/C41H50Cl2F2N2O13P2/c1-24-18-32(60-62(54,55)56)37(25(2)38(24)57-16-5-17-61(51,52)53)39(3,4)22-36(50)59-33-21-40(46-35(49)23-58-27-8-10-29(43)31(45)20-27)12-14-41(33,15-13-40)47-34(48)11-7-26-6-9-28(42)30(44)19-26/h6,8-10,18-20,33H,5,7,11-17,21-23H2,1-4H3,(H,46,49)(H,47,48)(H2,51,52,53)(H2,54,55,56)/t33-,40?,41?/m0/s1. The fraction of sp³-hybridized carbons (Fsp3) is 0.488. The third kappa shape index (κ3) is 12.9. The number of carbonyl (C=O) groups is 3. The zero-order valence-corrected chi connectivity index (χ0v) is 37.8. The number of aryl methyl sites for hydroxylation is 2. The van der Waals surface area contributed by atoms with E-state index in [9.17, 15) is 51.9 Å². The summed E-state index contributed by atoms with van der Waals surface area (Å²) < 4.78 is 74.4. The molecule has 15 nitrogen and oxygen atoms in total. The van der Waals surface area contributed by atoms with Crippen LogP contribution in [0.5, 0.6) is 17.2 Å². The Morgan fingerprint density at radius 2 is 1.53 bits per heavy atom. The summed E-state index contributed by atoms with van der Waals surface area (Å²) in [6.45, 7) is 5.91. The second kappa shape index (κ2) is 19.5. The zero-order valence-electron chi connectivity index (χ0n) is 34.5. The summed E-state index contributed by atoms with van der Waals surface area (Å²) in [5.41, 5.74) is -1.70. The summed E-state index contributed by atoms with van der Waals surface area (Å²) in [6.07, 6.45) is -0.164. The Kier molecular flexibility index (Phi) is 15.5. The molecule has 0 aromatic heterocycles. The van der Waals surface area contributed by atoms with Gasteiger partial charge in [-0.1, -0.05) is 43.1 Å². The summed E-state index contributed by atoms with van der Waals surface area (Å²) in [6, 6.07) is 9.37. The van der Waals surface area contributed by atoms with Gasteiger partial charge in [-0.2, -0.15) is 0 Å². The summed E-state index contributed by atoms with van der Waals surface area (Å²) in [4.78, 5) is 79.2. The van der Waals surface area contributed by atoms with Gasteiger partial charge in [0.2, 0.25) is 5.91 Å².